The van der Waals surface area contributed by atoms with Crippen LogP contribution in [-0.2, 0) is 11.2 Å². The van der Waals surface area contributed by atoms with Gasteiger partial charge in [-0.3, -0.25) is 0 Å². The van der Waals surface area contributed by atoms with Crippen molar-refractivity contribution in [2.24, 2.45) is 0 Å². The summed E-state index contributed by atoms with van der Waals surface area (Å²) in [7, 11) is 0. The molecule has 0 radical (unpaired) electrons. The largest absolute Gasteiger partial charge is 0.378 e. The second kappa shape index (κ2) is 5.71. The summed E-state index contributed by atoms with van der Waals surface area (Å²) in [6, 6.07) is 8.67. The molecule has 1 saturated heterocycles. The van der Waals surface area contributed by atoms with Crippen molar-refractivity contribution in [3.8, 4) is 6.07 Å². The second-order valence-corrected chi connectivity index (χ2v) is 5.56. The first kappa shape index (κ1) is 13.8. The van der Waals surface area contributed by atoms with Crippen LogP contribution in [0.5, 0.6) is 0 Å². The Labute approximate surface area is 125 Å². The highest BCUT2D eigenvalue weighted by molar-refractivity contribution is 5.85. The average Bonchev–Trinajstić information content (AvgIpc) is 2.48. The molecule has 21 heavy (non-hydrogen) atoms. The number of nitrogens with zero attached hydrogens (tertiary/aromatic N) is 3. The van der Waals surface area contributed by atoms with Gasteiger partial charge in [-0.1, -0.05) is 11.6 Å². The highest BCUT2D eigenvalue weighted by Gasteiger charge is 2.17. The van der Waals surface area contributed by atoms with Crippen molar-refractivity contribution in [1.82, 2.24) is 4.98 Å². The minimum absolute atomic E-state index is 0.391. The van der Waals surface area contributed by atoms with E-state index in [1.807, 2.05) is 0 Å². The van der Waals surface area contributed by atoms with Crippen LogP contribution in [0.3, 0.4) is 0 Å². The van der Waals surface area contributed by atoms with Crippen LogP contribution in [-0.4, -0.2) is 31.3 Å². The van der Waals surface area contributed by atoms with Gasteiger partial charge in [0.2, 0.25) is 0 Å². The Kier molecular flexibility index (Phi) is 3.76. The third-order valence-corrected chi connectivity index (χ3v) is 3.89. The first-order valence-electron chi connectivity index (χ1n) is 7.29. The quantitative estimate of drug-likeness (QED) is 0.849. The molecule has 0 unspecified atom stereocenters. The lowest BCUT2D eigenvalue weighted by Gasteiger charge is -2.29. The van der Waals surface area contributed by atoms with Crippen LogP contribution >= 0.6 is 0 Å². The lowest BCUT2D eigenvalue weighted by Crippen LogP contribution is -2.37. The normalized spacial score (nSPS) is 15.2. The zero-order valence-electron chi connectivity index (χ0n) is 12.5. The predicted octanol–water partition coefficient (Wildman–Crippen LogP) is 2.75. The fourth-order valence-electron chi connectivity index (χ4n) is 2.95. The number of morpholine rings is 1. The molecule has 1 aromatic heterocycles. The van der Waals surface area contributed by atoms with Gasteiger partial charge in [0.05, 0.1) is 31.2 Å². The lowest BCUT2D eigenvalue weighted by atomic mass is 10.0. The number of aryl methyl sites for hydroxylation is 2. The zero-order chi connectivity index (χ0) is 14.8. The van der Waals surface area contributed by atoms with E-state index < -0.39 is 0 Å². The van der Waals surface area contributed by atoms with Gasteiger partial charge in [0.15, 0.2) is 0 Å². The van der Waals surface area contributed by atoms with Crippen LogP contribution in [0, 0.1) is 25.2 Å². The highest BCUT2D eigenvalue weighted by atomic mass is 16.5. The molecular formula is C17H19N3O. The van der Waals surface area contributed by atoms with Gasteiger partial charge >= 0.3 is 0 Å². The van der Waals surface area contributed by atoms with E-state index in [4.69, 9.17) is 15.0 Å². The van der Waals surface area contributed by atoms with Crippen LogP contribution in [0.15, 0.2) is 18.2 Å². The summed E-state index contributed by atoms with van der Waals surface area (Å²) in [5.74, 6) is 0.944. The van der Waals surface area contributed by atoms with Crippen molar-refractivity contribution in [3.05, 3.63) is 34.9 Å². The third-order valence-electron chi connectivity index (χ3n) is 3.89. The van der Waals surface area contributed by atoms with Crippen LogP contribution in [0.2, 0.25) is 0 Å². The molecule has 2 heterocycles. The van der Waals surface area contributed by atoms with Crippen molar-refractivity contribution >= 4 is 16.7 Å². The number of pyridine rings is 1. The highest BCUT2D eigenvalue weighted by Crippen LogP contribution is 2.27. The van der Waals surface area contributed by atoms with Gasteiger partial charge in [-0.15, -0.1) is 0 Å². The van der Waals surface area contributed by atoms with Gasteiger partial charge in [0, 0.05) is 24.0 Å². The minimum atomic E-state index is 0.391. The molecule has 0 atom stereocenters. The lowest BCUT2D eigenvalue weighted by molar-refractivity contribution is 0.122. The van der Waals surface area contributed by atoms with E-state index in [2.05, 4.69) is 43.0 Å². The number of hydrogen-bond donors (Lipinski definition) is 0. The van der Waals surface area contributed by atoms with Crippen molar-refractivity contribution in [2.45, 2.75) is 20.3 Å². The maximum atomic E-state index is 9.10. The van der Waals surface area contributed by atoms with Crippen LogP contribution in [0.1, 0.15) is 16.7 Å². The standard InChI is InChI=1S/C17H19N3O/c1-12-9-13(2)16-15(10-12)11-14(3-4-18)17(19-16)20-5-7-21-8-6-20/h9-11H,3,5-8H2,1-2H3. The van der Waals surface area contributed by atoms with Crippen LogP contribution in [0.4, 0.5) is 5.82 Å². The molecule has 0 spiro atoms. The number of fused-ring (bicyclic) bond motifs is 1. The minimum Gasteiger partial charge on any atom is -0.378 e. The smallest absolute Gasteiger partial charge is 0.133 e. The summed E-state index contributed by atoms with van der Waals surface area (Å²) in [4.78, 5) is 7.11. The van der Waals surface area contributed by atoms with E-state index in [-0.39, 0.29) is 0 Å². The first-order chi connectivity index (χ1) is 10.2. The number of hydrogen-bond acceptors (Lipinski definition) is 4. The number of aromatic nitrogens is 1. The number of rotatable bonds is 2. The molecule has 0 N–H and O–H groups in total. The number of nitriles is 1. The third kappa shape index (κ3) is 2.70. The summed E-state index contributed by atoms with van der Waals surface area (Å²) in [5.41, 5.74) is 4.45. The predicted molar refractivity (Wildman–Crippen MR) is 83.6 cm³/mol. The Balaban J connectivity index is 2.16. The first-order valence-corrected chi connectivity index (χ1v) is 7.29. The molecule has 1 aliphatic heterocycles. The van der Waals surface area contributed by atoms with Gasteiger partial charge in [-0.25, -0.2) is 4.98 Å². The molecule has 1 aliphatic rings. The second-order valence-electron chi connectivity index (χ2n) is 5.56. The Morgan fingerprint density at radius 1 is 1.24 bits per heavy atom. The van der Waals surface area contributed by atoms with Crippen molar-refractivity contribution in [3.63, 3.8) is 0 Å². The Hall–Kier alpha value is -2.12. The average molecular weight is 281 g/mol. The summed E-state index contributed by atoms with van der Waals surface area (Å²) in [6.45, 7) is 7.29. The van der Waals surface area contributed by atoms with E-state index in [1.165, 1.54) is 11.1 Å². The molecular weight excluding hydrogens is 262 g/mol. The fourth-order valence-corrected chi connectivity index (χ4v) is 2.95. The van der Waals surface area contributed by atoms with Gasteiger partial charge in [-0.05, 0) is 31.5 Å². The van der Waals surface area contributed by atoms with Crippen molar-refractivity contribution in [2.75, 3.05) is 31.2 Å². The molecule has 0 saturated carbocycles. The maximum absolute atomic E-state index is 9.10. The number of anilines is 1. The number of benzene rings is 1. The SMILES string of the molecule is Cc1cc(C)c2nc(N3CCOCC3)c(CC#N)cc2c1. The zero-order valence-corrected chi connectivity index (χ0v) is 12.5. The number of ether oxygens (including phenoxy) is 1. The molecule has 0 bridgehead atoms. The topological polar surface area (TPSA) is 49.2 Å². The van der Waals surface area contributed by atoms with Gasteiger partial charge in [0.25, 0.3) is 0 Å². The van der Waals surface area contributed by atoms with Gasteiger partial charge in [-0.2, -0.15) is 5.26 Å². The summed E-state index contributed by atoms with van der Waals surface area (Å²) < 4.78 is 5.41. The van der Waals surface area contributed by atoms with Gasteiger partial charge in [0.1, 0.15) is 5.82 Å². The maximum Gasteiger partial charge on any atom is 0.133 e. The molecule has 1 aromatic carbocycles. The van der Waals surface area contributed by atoms with E-state index in [0.29, 0.717) is 6.42 Å². The van der Waals surface area contributed by atoms with E-state index >= 15 is 0 Å². The Morgan fingerprint density at radius 2 is 2.00 bits per heavy atom. The molecule has 4 heteroatoms. The van der Waals surface area contributed by atoms with Crippen molar-refractivity contribution < 1.29 is 4.74 Å². The molecule has 0 aliphatic carbocycles. The van der Waals surface area contributed by atoms with Crippen LogP contribution < -0.4 is 4.90 Å². The van der Waals surface area contributed by atoms with E-state index in [1.54, 1.807) is 0 Å². The molecule has 2 aromatic rings. The van der Waals surface area contributed by atoms with E-state index in [0.717, 1.165) is 48.6 Å². The molecule has 108 valence electrons. The van der Waals surface area contributed by atoms with Crippen molar-refractivity contribution in [1.29, 1.82) is 5.26 Å². The fraction of sp³-hybridized carbons (Fsp3) is 0.412. The van der Waals surface area contributed by atoms with Crippen LogP contribution in [0.25, 0.3) is 10.9 Å². The summed E-state index contributed by atoms with van der Waals surface area (Å²) in [5, 5.41) is 10.2. The molecule has 4 nitrogen and oxygen atoms in total. The monoisotopic (exact) mass is 281 g/mol. The molecule has 0 amide bonds. The molecule has 1 fully saturated rings. The summed E-state index contributed by atoms with van der Waals surface area (Å²) >= 11 is 0. The Morgan fingerprint density at radius 3 is 2.71 bits per heavy atom. The van der Waals surface area contributed by atoms with Gasteiger partial charge < -0.3 is 9.64 Å². The van der Waals surface area contributed by atoms with E-state index in [9.17, 15) is 0 Å². The Bertz CT molecular complexity index is 712. The molecule has 3 rings (SSSR count). The summed E-state index contributed by atoms with van der Waals surface area (Å²) in [6.07, 6.45) is 0.391.